The number of nitrogen functional groups attached to an aromatic ring is 1. The van der Waals surface area contributed by atoms with Crippen LogP contribution in [-0.2, 0) is 6.54 Å². The van der Waals surface area contributed by atoms with Crippen molar-refractivity contribution in [2.24, 2.45) is 0 Å². The van der Waals surface area contributed by atoms with Gasteiger partial charge in [0.1, 0.15) is 0 Å². The number of nitrogens with one attached hydrogen (secondary N) is 1. The second-order valence-electron chi connectivity index (χ2n) is 4.55. The van der Waals surface area contributed by atoms with Crippen molar-refractivity contribution in [3.8, 4) is 0 Å². The molecule has 0 atom stereocenters. The molecule has 20 heavy (non-hydrogen) atoms. The van der Waals surface area contributed by atoms with Gasteiger partial charge < -0.3 is 10.7 Å². The molecule has 102 valence electrons. The van der Waals surface area contributed by atoms with Gasteiger partial charge in [-0.1, -0.05) is 28.1 Å². The SMILES string of the molecule is Cc1cc(Cn2c(N)nc3nc[nH]c3c2=O)ccc1Br. The summed E-state index contributed by atoms with van der Waals surface area (Å²) >= 11 is 3.45. The fraction of sp³-hybridized carbons (Fsp3) is 0.154. The molecule has 0 aliphatic carbocycles. The normalized spacial score (nSPS) is 11.1. The number of hydrogen-bond acceptors (Lipinski definition) is 4. The average Bonchev–Trinajstić information content (AvgIpc) is 2.87. The Morgan fingerprint density at radius 3 is 3.00 bits per heavy atom. The van der Waals surface area contributed by atoms with E-state index in [0.717, 1.165) is 15.6 Å². The van der Waals surface area contributed by atoms with Gasteiger partial charge in [0.25, 0.3) is 5.56 Å². The quantitative estimate of drug-likeness (QED) is 0.748. The highest BCUT2D eigenvalue weighted by Crippen LogP contribution is 2.18. The Bertz CT molecular complexity index is 852. The van der Waals surface area contributed by atoms with Crippen molar-refractivity contribution in [2.45, 2.75) is 13.5 Å². The number of hydrogen-bond donors (Lipinski definition) is 2. The van der Waals surface area contributed by atoms with Gasteiger partial charge in [-0.3, -0.25) is 9.36 Å². The highest BCUT2D eigenvalue weighted by atomic mass is 79.9. The van der Waals surface area contributed by atoms with Crippen LogP contribution in [-0.4, -0.2) is 19.5 Å². The number of H-pyrrole nitrogens is 1. The lowest BCUT2D eigenvalue weighted by Crippen LogP contribution is -2.25. The lowest BCUT2D eigenvalue weighted by atomic mass is 10.1. The number of imidazole rings is 1. The minimum atomic E-state index is -0.217. The molecule has 1 aromatic carbocycles. The Morgan fingerprint density at radius 2 is 2.25 bits per heavy atom. The first-order valence-electron chi connectivity index (χ1n) is 6.00. The molecule has 0 fully saturated rings. The fourth-order valence-corrected chi connectivity index (χ4v) is 2.32. The lowest BCUT2D eigenvalue weighted by Gasteiger charge is -2.09. The van der Waals surface area contributed by atoms with Gasteiger partial charge in [-0.15, -0.1) is 0 Å². The maximum atomic E-state index is 12.3. The van der Waals surface area contributed by atoms with E-state index in [1.165, 1.54) is 10.9 Å². The van der Waals surface area contributed by atoms with E-state index in [9.17, 15) is 4.79 Å². The molecule has 0 unspecified atom stereocenters. The number of aromatic amines is 1. The highest BCUT2D eigenvalue weighted by molar-refractivity contribution is 9.10. The van der Waals surface area contributed by atoms with E-state index in [2.05, 4.69) is 30.9 Å². The molecule has 3 aromatic rings. The molecule has 2 aromatic heterocycles. The first-order chi connectivity index (χ1) is 9.56. The van der Waals surface area contributed by atoms with Crippen molar-refractivity contribution in [3.05, 3.63) is 50.5 Å². The zero-order valence-electron chi connectivity index (χ0n) is 10.7. The first kappa shape index (κ1) is 12.9. The van der Waals surface area contributed by atoms with Gasteiger partial charge in [-0.25, -0.2) is 4.98 Å². The summed E-state index contributed by atoms with van der Waals surface area (Å²) < 4.78 is 2.46. The molecule has 7 heteroatoms. The number of aromatic nitrogens is 4. The molecule has 3 rings (SSSR count). The summed E-state index contributed by atoms with van der Waals surface area (Å²) in [4.78, 5) is 23.2. The Kier molecular flexibility index (Phi) is 3.06. The molecule has 2 heterocycles. The van der Waals surface area contributed by atoms with Crippen LogP contribution in [0.25, 0.3) is 11.2 Å². The molecule has 0 radical (unpaired) electrons. The Balaban J connectivity index is 2.10. The summed E-state index contributed by atoms with van der Waals surface area (Å²) in [5.74, 6) is 0.162. The number of benzene rings is 1. The maximum Gasteiger partial charge on any atom is 0.281 e. The smallest absolute Gasteiger partial charge is 0.281 e. The van der Waals surface area contributed by atoms with Gasteiger partial charge in [-0.05, 0) is 24.1 Å². The van der Waals surface area contributed by atoms with Gasteiger partial charge in [0.2, 0.25) is 5.95 Å². The van der Waals surface area contributed by atoms with E-state index in [1.54, 1.807) is 0 Å². The van der Waals surface area contributed by atoms with E-state index in [-0.39, 0.29) is 11.5 Å². The predicted octanol–water partition coefficient (Wildman–Crippen LogP) is 1.82. The summed E-state index contributed by atoms with van der Waals surface area (Å²) in [6, 6.07) is 5.90. The van der Waals surface area contributed by atoms with Crippen LogP contribution in [0.1, 0.15) is 11.1 Å². The van der Waals surface area contributed by atoms with E-state index < -0.39 is 0 Å². The molecule has 0 saturated carbocycles. The van der Waals surface area contributed by atoms with E-state index >= 15 is 0 Å². The highest BCUT2D eigenvalue weighted by Gasteiger charge is 2.11. The zero-order chi connectivity index (χ0) is 14.3. The van der Waals surface area contributed by atoms with Crippen LogP contribution >= 0.6 is 15.9 Å². The molecular weight excluding hydrogens is 322 g/mol. The van der Waals surface area contributed by atoms with Crippen molar-refractivity contribution in [2.75, 3.05) is 5.73 Å². The Labute approximate surface area is 122 Å². The summed E-state index contributed by atoms with van der Waals surface area (Å²) in [5.41, 5.74) is 8.43. The third kappa shape index (κ3) is 2.09. The van der Waals surface area contributed by atoms with Crippen LogP contribution in [0.5, 0.6) is 0 Å². The van der Waals surface area contributed by atoms with Crippen molar-refractivity contribution < 1.29 is 0 Å². The standard InChI is InChI=1S/C13H12BrN5O/c1-7-4-8(2-3-9(7)14)5-19-12(20)10-11(17-6-16-10)18-13(19)15/h2-4,6H,5H2,1H3,(H2,15,18)(H,16,17). The molecule has 3 N–H and O–H groups in total. The number of fused-ring (bicyclic) bond motifs is 1. The van der Waals surface area contributed by atoms with E-state index in [1.807, 2.05) is 25.1 Å². The zero-order valence-corrected chi connectivity index (χ0v) is 12.3. The summed E-state index contributed by atoms with van der Waals surface area (Å²) in [6.07, 6.45) is 1.44. The van der Waals surface area contributed by atoms with Gasteiger partial charge in [-0.2, -0.15) is 4.98 Å². The molecule has 0 aliphatic heterocycles. The van der Waals surface area contributed by atoms with Crippen LogP contribution in [0.4, 0.5) is 5.95 Å². The van der Waals surface area contributed by atoms with Gasteiger partial charge >= 0.3 is 0 Å². The molecule has 6 nitrogen and oxygen atoms in total. The second-order valence-corrected chi connectivity index (χ2v) is 5.40. The number of nitrogens with two attached hydrogens (primary N) is 1. The third-order valence-electron chi connectivity index (χ3n) is 3.14. The Morgan fingerprint density at radius 1 is 1.45 bits per heavy atom. The average molecular weight is 334 g/mol. The van der Waals surface area contributed by atoms with Crippen molar-refractivity contribution in [1.29, 1.82) is 0 Å². The van der Waals surface area contributed by atoms with Crippen molar-refractivity contribution >= 4 is 33.0 Å². The first-order valence-corrected chi connectivity index (χ1v) is 6.80. The molecule has 0 aliphatic rings. The number of halogens is 1. The van der Waals surface area contributed by atoms with Crippen molar-refractivity contribution in [1.82, 2.24) is 19.5 Å². The molecule has 0 saturated heterocycles. The number of anilines is 1. The van der Waals surface area contributed by atoms with Gasteiger partial charge in [0.05, 0.1) is 12.9 Å². The number of nitrogens with zero attached hydrogens (tertiary/aromatic N) is 3. The molecule has 0 spiro atoms. The minimum absolute atomic E-state index is 0.162. The van der Waals surface area contributed by atoms with E-state index in [0.29, 0.717) is 17.7 Å². The number of rotatable bonds is 2. The molecular formula is C13H12BrN5O. The van der Waals surface area contributed by atoms with Crippen LogP contribution in [0.3, 0.4) is 0 Å². The maximum absolute atomic E-state index is 12.3. The van der Waals surface area contributed by atoms with Crippen LogP contribution in [0.15, 0.2) is 33.8 Å². The van der Waals surface area contributed by atoms with E-state index in [4.69, 9.17) is 5.73 Å². The lowest BCUT2D eigenvalue weighted by molar-refractivity contribution is 0.761. The topological polar surface area (TPSA) is 89.6 Å². The summed E-state index contributed by atoms with van der Waals surface area (Å²) in [7, 11) is 0. The predicted molar refractivity (Wildman–Crippen MR) is 80.5 cm³/mol. The second kappa shape index (κ2) is 4.75. The molecule has 0 amide bonds. The van der Waals surface area contributed by atoms with Gasteiger partial charge in [0, 0.05) is 4.47 Å². The Hall–Kier alpha value is -2.15. The van der Waals surface area contributed by atoms with Crippen molar-refractivity contribution in [3.63, 3.8) is 0 Å². The summed E-state index contributed by atoms with van der Waals surface area (Å²) in [5, 5.41) is 0. The fourth-order valence-electron chi connectivity index (χ4n) is 2.08. The minimum Gasteiger partial charge on any atom is -0.369 e. The largest absolute Gasteiger partial charge is 0.369 e. The molecule has 0 bridgehead atoms. The van der Waals surface area contributed by atoms with Crippen LogP contribution in [0, 0.1) is 6.92 Å². The van der Waals surface area contributed by atoms with Crippen LogP contribution < -0.4 is 11.3 Å². The van der Waals surface area contributed by atoms with Gasteiger partial charge in [0.15, 0.2) is 11.2 Å². The summed E-state index contributed by atoms with van der Waals surface area (Å²) in [6.45, 7) is 2.37. The third-order valence-corrected chi connectivity index (χ3v) is 4.03. The number of aryl methyl sites for hydroxylation is 1. The monoisotopic (exact) mass is 333 g/mol. The van der Waals surface area contributed by atoms with Crippen LogP contribution in [0.2, 0.25) is 0 Å².